The minimum absolute atomic E-state index is 0.140. The van der Waals surface area contributed by atoms with Crippen molar-refractivity contribution >= 4 is 12.6 Å². The van der Waals surface area contributed by atoms with Crippen molar-refractivity contribution in [2.75, 3.05) is 6.26 Å². The van der Waals surface area contributed by atoms with Gasteiger partial charge in [-0.1, -0.05) is 6.42 Å². The lowest BCUT2D eigenvalue weighted by Gasteiger charge is -2.13. The van der Waals surface area contributed by atoms with Gasteiger partial charge in [0, 0.05) is 17.8 Å². The number of rotatable bonds is 1. The maximum absolute atomic E-state index is 10.2. The predicted molar refractivity (Wildman–Crippen MR) is 48.8 cm³/mol. The third-order valence-electron chi connectivity index (χ3n) is 1.87. The smallest absolute Gasteiger partial charge is 0.213 e. The second kappa shape index (κ2) is 6.46. The molecule has 66 valence electrons. The molecule has 1 aliphatic carbocycles. The van der Waals surface area contributed by atoms with Gasteiger partial charge in [0.15, 0.2) is 0 Å². The summed E-state index contributed by atoms with van der Waals surface area (Å²) in [6, 6.07) is -0.223. The van der Waals surface area contributed by atoms with Crippen molar-refractivity contribution in [2.45, 2.75) is 38.1 Å². The van der Waals surface area contributed by atoms with Gasteiger partial charge in [-0.2, -0.15) is 12.6 Å². The largest absolute Gasteiger partial charge is 0.264 e. The summed E-state index contributed by atoms with van der Waals surface area (Å²) in [5.41, 5.74) is 0. The van der Waals surface area contributed by atoms with Crippen LogP contribution >= 0.6 is 12.6 Å². The van der Waals surface area contributed by atoms with Crippen molar-refractivity contribution in [1.29, 1.82) is 0 Å². The maximum atomic E-state index is 10.2. The van der Waals surface area contributed by atoms with Gasteiger partial charge < -0.3 is 0 Å². The van der Waals surface area contributed by atoms with Gasteiger partial charge in [-0.05, 0) is 19.1 Å². The fourth-order valence-electron chi connectivity index (χ4n) is 1.29. The van der Waals surface area contributed by atoms with Crippen LogP contribution in [0.1, 0.15) is 32.1 Å². The Kier molecular flexibility index (Phi) is 6.31. The zero-order valence-corrected chi connectivity index (χ0v) is 7.72. The van der Waals surface area contributed by atoms with E-state index in [1.807, 2.05) is 0 Å². The monoisotopic (exact) mass is 177 g/mol. The molecule has 0 amide bonds. The van der Waals surface area contributed by atoms with Crippen LogP contribution in [-0.4, -0.2) is 17.2 Å². The van der Waals surface area contributed by atoms with Crippen LogP contribution in [0.25, 0.3) is 0 Å². The Hall–Kier alpha value is -0.250. The van der Waals surface area contributed by atoms with Crippen molar-refractivity contribution in [3.8, 4) is 0 Å². The molecule has 1 saturated carbocycles. The number of nitro groups is 1. The van der Waals surface area contributed by atoms with Crippen molar-refractivity contribution in [3.63, 3.8) is 0 Å². The molecule has 1 fully saturated rings. The first-order valence-electron chi connectivity index (χ1n) is 3.89. The highest BCUT2D eigenvalue weighted by atomic mass is 32.1. The van der Waals surface area contributed by atoms with Gasteiger partial charge in [-0.3, -0.25) is 10.1 Å². The van der Waals surface area contributed by atoms with Crippen LogP contribution in [-0.2, 0) is 0 Å². The summed E-state index contributed by atoms with van der Waals surface area (Å²) in [4.78, 5) is 10.0. The zero-order chi connectivity index (χ0) is 8.69. The summed E-state index contributed by atoms with van der Waals surface area (Å²) in [6.07, 6.45) is 6.57. The van der Waals surface area contributed by atoms with Crippen LogP contribution in [0.2, 0.25) is 0 Å². The Balaban J connectivity index is 0.000000461. The zero-order valence-electron chi connectivity index (χ0n) is 6.82. The molecule has 0 spiro atoms. The van der Waals surface area contributed by atoms with E-state index in [1.165, 1.54) is 6.42 Å². The van der Waals surface area contributed by atoms with Crippen molar-refractivity contribution in [3.05, 3.63) is 10.1 Å². The lowest BCUT2D eigenvalue weighted by atomic mass is 9.96. The van der Waals surface area contributed by atoms with Gasteiger partial charge in [-0.25, -0.2) is 0 Å². The highest BCUT2D eigenvalue weighted by Gasteiger charge is 2.21. The van der Waals surface area contributed by atoms with Crippen molar-refractivity contribution < 1.29 is 4.92 Å². The van der Waals surface area contributed by atoms with E-state index in [0.717, 1.165) is 25.7 Å². The van der Waals surface area contributed by atoms with E-state index in [0.29, 0.717) is 0 Å². The molecule has 0 atom stereocenters. The van der Waals surface area contributed by atoms with E-state index in [9.17, 15) is 10.1 Å². The summed E-state index contributed by atoms with van der Waals surface area (Å²) in [5.74, 6) is 0. The standard InChI is InChI=1S/C6H11NO2.CH4S/c8-7(9)6-4-2-1-3-5-6;1-2/h6H,1-5H2;2H,1H3. The van der Waals surface area contributed by atoms with Gasteiger partial charge in [0.1, 0.15) is 0 Å². The third-order valence-corrected chi connectivity index (χ3v) is 1.87. The van der Waals surface area contributed by atoms with E-state index in [4.69, 9.17) is 0 Å². The molecule has 11 heavy (non-hydrogen) atoms. The number of thiol groups is 1. The summed E-state index contributed by atoms with van der Waals surface area (Å²) >= 11 is 3.53. The lowest BCUT2D eigenvalue weighted by Crippen LogP contribution is -2.21. The predicted octanol–water partition coefficient (Wildman–Crippen LogP) is 2.14. The number of hydrogen-bond acceptors (Lipinski definition) is 3. The molecule has 1 aliphatic rings. The molecule has 0 aromatic carbocycles. The fraction of sp³-hybridized carbons (Fsp3) is 1.00. The van der Waals surface area contributed by atoms with Crippen LogP contribution < -0.4 is 0 Å². The Morgan fingerprint density at radius 2 is 1.73 bits per heavy atom. The molecule has 4 heteroatoms. The van der Waals surface area contributed by atoms with Gasteiger partial charge in [0.05, 0.1) is 0 Å². The molecule has 0 saturated heterocycles. The summed E-state index contributed by atoms with van der Waals surface area (Å²) < 4.78 is 0. The second-order valence-electron chi connectivity index (χ2n) is 2.58. The van der Waals surface area contributed by atoms with E-state index in [1.54, 1.807) is 6.26 Å². The quantitative estimate of drug-likeness (QED) is 0.379. The van der Waals surface area contributed by atoms with Crippen molar-refractivity contribution in [1.82, 2.24) is 0 Å². The van der Waals surface area contributed by atoms with Gasteiger partial charge >= 0.3 is 0 Å². The Bertz CT molecular complexity index is 113. The van der Waals surface area contributed by atoms with E-state index in [-0.39, 0.29) is 11.0 Å². The topological polar surface area (TPSA) is 43.1 Å². The summed E-state index contributed by atoms with van der Waals surface area (Å²) in [7, 11) is 0. The molecule has 0 bridgehead atoms. The van der Waals surface area contributed by atoms with Gasteiger partial charge in [-0.15, -0.1) is 0 Å². The number of nitrogens with zero attached hydrogens (tertiary/aromatic N) is 1. The molecule has 0 radical (unpaired) electrons. The van der Waals surface area contributed by atoms with Gasteiger partial charge in [0.2, 0.25) is 6.04 Å². The minimum Gasteiger partial charge on any atom is -0.264 e. The molecular weight excluding hydrogens is 162 g/mol. The van der Waals surface area contributed by atoms with Crippen LogP contribution in [0.4, 0.5) is 0 Å². The fourth-order valence-corrected chi connectivity index (χ4v) is 1.29. The Morgan fingerprint density at radius 3 is 2.00 bits per heavy atom. The Morgan fingerprint density at radius 1 is 1.27 bits per heavy atom. The first-order chi connectivity index (χ1) is 5.30. The van der Waals surface area contributed by atoms with E-state index < -0.39 is 0 Å². The van der Waals surface area contributed by atoms with Crippen LogP contribution in [0, 0.1) is 10.1 Å². The normalized spacial score (nSPS) is 18.4. The summed E-state index contributed by atoms with van der Waals surface area (Å²) in [5, 5.41) is 10.2. The molecular formula is C7H15NO2S. The van der Waals surface area contributed by atoms with Gasteiger partial charge in [0.25, 0.3) is 0 Å². The SMILES string of the molecule is CS.O=[N+]([O-])C1CCCCC1. The van der Waals surface area contributed by atoms with Crippen LogP contribution in [0.3, 0.4) is 0 Å². The average Bonchev–Trinajstić information content (AvgIpc) is 2.10. The molecule has 0 aromatic rings. The van der Waals surface area contributed by atoms with Crippen molar-refractivity contribution in [2.24, 2.45) is 0 Å². The maximum Gasteiger partial charge on any atom is 0.213 e. The first-order valence-corrected chi connectivity index (χ1v) is 4.78. The molecule has 0 aromatic heterocycles. The highest BCUT2D eigenvalue weighted by molar-refractivity contribution is 7.79. The molecule has 0 aliphatic heterocycles. The minimum atomic E-state index is -0.223. The molecule has 0 unspecified atom stereocenters. The summed E-state index contributed by atoms with van der Waals surface area (Å²) in [6.45, 7) is 0. The van der Waals surface area contributed by atoms with Crippen LogP contribution in [0.5, 0.6) is 0 Å². The van der Waals surface area contributed by atoms with Crippen LogP contribution in [0.15, 0.2) is 0 Å². The number of hydrogen-bond donors (Lipinski definition) is 1. The molecule has 0 N–H and O–H groups in total. The average molecular weight is 177 g/mol. The molecule has 3 nitrogen and oxygen atoms in total. The first kappa shape index (κ1) is 10.8. The molecule has 1 rings (SSSR count). The second-order valence-corrected chi connectivity index (χ2v) is 2.58. The third kappa shape index (κ3) is 4.24. The van der Waals surface area contributed by atoms with E-state index >= 15 is 0 Å². The lowest BCUT2D eigenvalue weighted by molar-refractivity contribution is -0.526. The molecule has 0 heterocycles. The van der Waals surface area contributed by atoms with E-state index in [2.05, 4.69) is 12.6 Å². The Labute approximate surface area is 72.7 Å². The highest BCUT2D eigenvalue weighted by Crippen LogP contribution is 2.19.